The van der Waals surface area contributed by atoms with Gasteiger partial charge in [0.05, 0.1) is 44.7 Å². The lowest BCUT2D eigenvalue weighted by molar-refractivity contribution is 0.869. The Labute approximate surface area is 482 Å². The molecule has 12 aromatic carbocycles. The van der Waals surface area contributed by atoms with Crippen molar-refractivity contribution in [3.8, 4) is 6.07 Å². The van der Waals surface area contributed by atoms with Crippen LogP contribution >= 0.6 is 11.6 Å². The van der Waals surface area contributed by atoms with Crippen LogP contribution in [0, 0.1) is 11.3 Å². The molecule has 0 N–H and O–H groups in total. The first-order chi connectivity index (χ1) is 39.8. The molecule has 4 aromatic heterocycles. The van der Waals surface area contributed by atoms with E-state index in [2.05, 4.69) is 251 Å². The van der Waals surface area contributed by atoms with Crippen LogP contribution in [-0.4, -0.2) is 8.80 Å². The fraction of sp³-hybridized carbons (Fsp3) is 0.156. The fourth-order valence-corrected chi connectivity index (χ4v) is 13.6. The molecule has 396 valence electrons. The molecule has 0 aliphatic heterocycles. The molecule has 0 aliphatic rings. The maximum Gasteiger partial charge on any atom is 0.0991 e. The summed E-state index contributed by atoms with van der Waals surface area (Å²) >= 11 is 6.71. The first-order valence-electron chi connectivity index (χ1n) is 29.1. The summed E-state index contributed by atoms with van der Waals surface area (Å²) in [5, 5.41) is 30.5. The molecular weight excluding hydrogens is 1020 g/mol. The number of para-hydroxylation sites is 1. The average Bonchev–Trinajstić information content (AvgIpc) is 2.19. The highest BCUT2D eigenvalue weighted by Gasteiger charge is 2.24. The van der Waals surface area contributed by atoms with Gasteiger partial charge >= 0.3 is 0 Å². The van der Waals surface area contributed by atoms with E-state index in [1.807, 2.05) is 24.3 Å². The van der Waals surface area contributed by atoms with E-state index in [1.54, 1.807) is 0 Å². The van der Waals surface area contributed by atoms with Gasteiger partial charge in [-0.25, -0.2) is 0 Å². The molecule has 0 amide bonds. The van der Waals surface area contributed by atoms with Crippen molar-refractivity contribution < 1.29 is 0 Å². The summed E-state index contributed by atoms with van der Waals surface area (Å²) in [6.07, 6.45) is 0. The summed E-state index contributed by atoms with van der Waals surface area (Å²) in [7, 11) is 0. The van der Waals surface area contributed by atoms with E-state index in [-0.39, 0.29) is 0 Å². The van der Waals surface area contributed by atoms with Gasteiger partial charge < -0.3 is 13.7 Å². The lowest BCUT2D eigenvalue weighted by Crippen LogP contribution is -2.09. The molecule has 16 aromatic rings. The molecule has 0 unspecified atom stereocenters. The van der Waals surface area contributed by atoms with Crippen molar-refractivity contribution in [3.63, 3.8) is 0 Å². The highest BCUT2D eigenvalue weighted by atomic mass is 35.5. The molecule has 4 heterocycles. The number of anilines is 3. The summed E-state index contributed by atoms with van der Waals surface area (Å²) in [6, 6.07) is 76.3. The molecule has 5 heteroatoms. The number of fused-ring (bicyclic) bond motifs is 16. The smallest absolute Gasteiger partial charge is 0.0991 e. The maximum atomic E-state index is 9.54. The van der Waals surface area contributed by atoms with Crippen LogP contribution in [0.2, 0.25) is 5.02 Å². The Morgan fingerprint density at radius 1 is 0.329 bits per heavy atom. The van der Waals surface area contributed by atoms with Gasteiger partial charge in [-0.15, -0.1) is 0 Å². The fourth-order valence-electron chi connectivity index (χ4n) is 13.4. The molecule has 16 rings (SSSR count). The van der Waals surface area contributed by atoms with Crippen LogP contribution in [0.25, 0.3) is 119 Å². The van der Waals surface area contributed by atoms with Gasteiger partial charge in [0.25, 0.3) is 0 Å². The van der Waals surface area contributed by atoms with Crippen molar-refractivity contribution in [2.75, 3.05) is 4.90 Å². The Bertz CT molecular complexity index is 5030. The van der Waals surface area contributed by atoms with Gasteiger partial charge in [0, 0.05) is 65.2 Å². The lowest BCUT2D eigenvalue weighted by atomic mass is 9.96. The van der Waals surface area contributed by atoms with Crippen LogP contribution in [0.15, 0.2) is 200 Å². The van der Waals surface area contributed by atoms with Gasteiger partial charge in [-0.2, -0.15) is 5.26 Å². The van der Waals surface area contributed by atoms with Crippen LogP contribution in [0.1, 0.15) is 107 Å². The Kier molecular flexibility index (Phi) is 11.4. The van der Waals surface area contributed by atoms with Gasteiger partial charge in [0.1, 0.15) is 0 Å². The van der Waals surface area contributed by atoms with Crippen LogP contribution in [0.5, 0.6) is 0 Å². The second kappa shape index (κ2) is 18.7. The monoisotopic (exact) mass is 1080 g/mol. The number of hydrogen-bond acceptors (Lipinski definition) is 2. The van der Waals surface area contributed by atoms with E-state index in [0.29, 0.717) is 29.2 Å². The van der Waals surface area contributed by atoms with Crippen molar-refractivity contribution in [1.29, 1.82) is 5.26 Å². The van der Waals surface area contributed by atoms with Crippen LogP contribution in [-0.2, 0) is 0 Å². The summed E-state index contributed by atoms with van der Waals surface area (Å²) in [5.41, 5.74) is 16.8. The van der Waals surface area contributed by atoms with Crippen molar-refractivity contribution in [2.24, 2.45) is 0 Å². The third kappa shape index (κ3) is 7.78. The van der Waals surface area contributed by atoms with Gasteiger partial charge in [-0.1, -0.05) is 158 Å². The van der Waals surface area contributed by atoms with E-state index < -0.39 is 0 Å². The number of rotatable bonds is 7. The Balaban J connectivity index is 0.000000149. The molecule has 0 saturated heterocycles. The molecule has 0 aliphatic carbocycles. The summed E-state index contributed by atoms with van der Waals surface area (Å²) in [6.45, 7) is 18.0. The zero-order valence-corrected chi connectivity index (χ0v) is 48.3. The minimum absolute atomic E-state index is 0.465. The quantitative estimate of drug-likeness (QED) is 0.159. The average molecular weight is 1080 g/mol. The van der Waals surface area contributed by atoms with Gasteiger partial charge in [0.2, 0.25) is 0 Å². The van der Waals surface area contributed by atoms with Gasteiger partial charge in [-0.05, 0) is 198 Å². The number of benzene rings is 12. The third-order valence-corrected chi connectivity index (χ3v) is 18.1. The second-order valence-corrected chi connectivity index (χ2v) is 24.7. The first kappa shape index (κ1) is 49.9. The Morgan fingerprint density at radius 2 is 0.659 bits per heavy atom. The molecule has 0 bridgehead atoms. The second-order valence-electron chi connectivity index (χ2n) is 24.3. The molecule has 82 heavy (non-hydrogen) atoms. The zero-order valence-electron chi connectivity index (χ0n) is 47.5. The minimum Gasteiger partial charge on any atom is -0.310 e. The van der Waals surface area contributed by atoms with E-state index >= 15 is 0 Å². The van der Waals surface area contributed by atoms with Crippen molar-refractivity contribution in [2.45, 2.75) is 79.1 Å². The van der Waals surface area contributed by atoms with Crippen LogP contribution in [0.3, 0.4) is 0 Å². The van der Waals surface area contributed by atoms with Crippen LogP contribution < -0.4 is 4.90 Å². The van der Waals surface area contributed by atoms with Crippen molar-refractivity contribution in [1.82, 2.24) is 8.80 Å². The predicted octanol–water partition coefficient (Wildman–Crippen LogP) is 22.8. The van der Waals surface area contributed by atoms with Crippen molar-refractivity contribution in [3.05, 3.63) is 233 Å². The number of nitriles is 1. The maximum absolute atomic E-state index is 9.54. The lowest BCUT2D eigenvalue weighted by Gasteiger charge is -2.26. The number of hydrogen-bond donors (Lipinski definition) is 0. The van der Waals surface area contributed by atoms with E-state index in [4.69, 9.17) is 11.6 Å². The highest BCUT2D eigenvalue weighted by molar-refractivity contribution is 6.35. The molecule has 0 radical (unpaired) electrons. The predicted molar refractivity (Wildman–Crippen MR) is 353 cm³/mol. The topological polar surface area (TPSA) is 35.8 Å². The van der Waals surface area contributed by atoms with Crippen molar-refractivity contribution >= 4 is 148 Å². The third-order valence-electron chi connectivity index (χ3n) is 17.9. The zero-order chi connectivity index (χ0) is 56.0. The minimum atomic E-state index is 0.465. The van der Waals surface area contributed by atoms with Gasteiger partial charge in [0.15, 0.2) is 0 Å². The van der Waals surface area contributed by atoms with E-state index in [9.17, 15) is 5.26 Å². The summed E-state index contributed by atoms with van der Waals surface area (Å²) in [5.74, 6) is 1.95. The Morgan fingerprint density at radius 3 is 0.988 bits per heavy atom. The molecule has 0 saturated carbocycles. The van der Waals surface area contributed by atoms with Crippen LogP contribution in [0.4, 0.5) is 17.1 Å². The largest absolute Gasteiger partial charge is 0.310 e. The SMILES string of the molecule is CC(C)c1ccc2cc3c(cc2c1)c1cc(Cl)cc2c4cc5cc(C(C)C)ccc5cc4n3c12.CC(C)c1ccc2cc3c(cc2c1)c1cc(N(c2ccccc2)c2ccc(C#N)cc2)cc2c4cc5cc(C(C)C)ccc5cc4n3c12. The van der Waals surface area contributed by atoms with E-state index in [0.717, 1.165) is 22.1 Å². The molecular formula is C77H61ClN4. The Hall–Kier alpha value is -9.14. The summed E-state index contributed by atoms with van der Waals surface area (Å²) < 4.78 is 4.95. The number of nitrogens with zero attached hydrogens (tertiary/aromatic N) is 4. The van der Waals surface area contributed by atoms with E-state index in [1.165, 1.54) is 142 Å². The number of halogens is 1. The standard InChI is InChI=1S/C45H35N3.C32H26ClN/c1-27(2)30-12-14-32-22-43-39(20-34(32)18-30)41-24-38(47(36-8-6-5-7-9-36)37-16-10-29(26-46)11-17-37)25-42-40-21-35-19-31(28(3)4)13-15-33(35)23-44(40)48(43)45(41)42;1-17(2)19-5-7-21-13-30-26(11-23(21)9-19)28-15-25(33)16-29-27-12-24-10-20(18(3)4)6-8-22(24)14-31(27)34(30)32(28)29/h5-25,27-28H,1-4H3;5-18H,1-4H3. The molecule has 4 nitrogen and oxygen atoms in total. The van der Waals surface area contributed by atoms with Gasteiger partial charge in [-0.3, -0.25) is 0 Å². The highest BCUT2D eigenvalue weighted by Crippen LogP contribution is 2.48. The number of aromatic nitrogens is 2. The first-order valence-corrected chi connectivity index (χ1v) is 29.4. The molecule has 0 spiro atoms. The normalized spacial score (nSPS) is 12.4. The molecule has 0 fully saturated rings. The molecule has 0 atom stereocenters. The summed E-state index contributed by atoms with van der Waals surface area (Å²) in [4.78, 5) is 2.31.